The van der Waals surface area contributed by atoms with Crippen LogP contribution in [0, 0.1) is 5.92 Å². The molecule has 318 valence electrons. The number of carboxylic acids is 1. The number of benzene rings is 1. The fourth-order valence-corrected chi connectivity index (χ4v) is 6.66. The summed E-state index contributed by atoms with van der Waals surface area (Å²) < 4.78 is 17.0. The second kappa shape index (κ2) is 19.9. The molecule has 2 saturated heterocycles. The third-order valence-electron chi connectivity index (χ3n) is 9.68. The van der Waals surface area contributed by atoms with Gasteiger partial charge in [-0.2, -0.15) is 0 Å². The van der Waals surface area contributed by atoms with Crippen LogP contribution in [0.5, 0.6) is 0 Å². The van der Waals surface area contributed by atoms with E-state index in [1.807, 2.05) is 24.3 Å². The first-order chi connectivity index (χ1) is 27.2. The van der Waals surface area contributed by atoms with Crippen LogP contribution >= 0.6 is 0 Å². The van der Waals surface area contributed by atoms with E-state index in [0.29, 0.717) is 44.5 Å². The molecule has 5 amide bonds. The molecule has 2 aromatic rings. The molecule has 3 heterocycles. The molecule has 0 aliphatic carbocycles. The Labute approximate surface area is 341 Å². The van der Waals surface area contributed by atoms with Gasteiger partial charge in [-0.05, 0) is 90.3 Å². The van der Waals surface area contributed by atoms with Crippen LogP contribution in [0.15, 0.2) is 36.5 Å². The van der Waals surface area contributed by atoms with Crippen LogP contribution in [-0.4, -0.2) is 142 Å². The lowest BCUT2D eigenvalue weighted by molar-refractivity contribution is -0.138. The Kier molecular flexibility index (Phi) is 15.6. The van der Waals surface area contributed by atoms with Gasteiger partial charge in [0.05, 0.1) is 18.4 Å². The van der Waals surface area contributed by atoms with Crippen LogP contribution in [0.2, 0.25) is 0 Å². The minimum absolute atomic E-state index is 0.0162. The fraction of sp³-hybridized carbons (Fsp3) is 0.595. The van der Waals surface area contributed by atoms with Gasteiger partial charge in [0, 0.05) is 58.0 Å². The van der Waals surface area contributed by atoms with Crippen LogP contribution < -0.4 is 5.32 Å². The number of ether oxygens (including phenoxy) is 3. The predicted octanol–water partition coefficient (Wildman–Crippen LogP) is 5.30. The number of aliphatic carboxylic acids is 1. The topological polar surface area (TPSA) is 188 Å². The van der Waals surface area contributed by atoms with Crippen molar-refractivity contribution >= 4 is 41.6 Å². The van der Waals surface area contributed by atoms with Crippen molar-refractivity contribution < 1.29 is 48.1 Å². The molecule has 16 heteroatoms. The third kappa shape index (κ3) is 14.0. The smallest absolute Gasteiger partial charge is 0.410 e. The van der Waals surface area contributed by atoms with Crippen molar-refractivity contribution in [3.8, 4) is 11.1 Å². The van der Waals surface area contributed by atoms with E-state index in [-0.39, 0.29) is 62.0 Å². The van der Waals surface area contributed by atoms with Gasteiger partial charge >= 0.3 is 18.2 Å². The molecular weight excluding hydrogens is 748 g/mol. The zero-order valence-electron chi connectivity index (χ0n) is 35.2. The van der Waals surface area contributed by atoms with Crippen LogP contribution in [0.1, 0.15) is 90.2 Å². The Morgan fingerprint density at radius 2 is 1.55 bits per heavy atom. The Morgan fingerprint density at radius 3 is 2.16 bits per heavy atom. The number of anilines is 1. The van der Waals surface area contributed by atoms with Crippen LogP contribution in [0.3, 0.4) is 0 Å². The lowest BCUT2D eigenvalue weighted by atomic mass is 9.96. The van der Waals surface area contributed by atoms with Crippen molar-refractivity contribution in [2.75, 3.05) is 64.8 Å². The minimum Gasteiger partial charge on any atom is -0.480 e. The predicted molar refractivity (Wildman–Crippen MR) is 216 cm³/mol. The molecule has 1 aromatic heterocycles. The first-order valence-corrected chi connectivity index (χ1v) is 19.9. The lowest BCUT2D eigenvalue weighted by Crippen LogP contribution is -2.46. The maximum absolute atomic E-state index is 14.1. The number of carbonyl (C=O) groups is 6. The fourth-order valence-electron chi connectivity index (χ4n) is 6.66. The molecule has 0 spiro atoms. The molecule has 2 N–H and O–H groups in total. The summed E-state index contributed by atoms with van der Waals surface area (Å²) in [6.45, 7) is 12.9. The van der Waals surface area contributed by atoms with Crippen molar-refractivity contribution in [3.63, 3.8) is 0 Å². The van der Waals surface area contributed by atoms with E-state index in [9.17, 15) is 33.9 Å². The number of amides is 5. The minimum atomic E-state index is -1.17. The van der Waals surface area contributed by atoms with E-state index < -0.39 is 47.7 Å². The van der Waals surface area contributed by atoms with Crippen molar-refractivity contribution in [2.24, 2.45) is 5.92 Å². The number of aryl methyl sites for hydroxylation is 1. The van der Waals surface area contributed by atoms with E-state index in [2.05, 4.69) is 17.2 Å². The second-order valence-electron chi connectivity index (χ2n) is 16.9. The van der Waals surface area contributed by atoms with Gasteiger partial charge in [0.2, 0.25) is 11.8 Å². The van der Waals surface area contributed by atoms with Gasteiger partial charge in [0.1, 0.15) is 24.3 Å². The van der Waals surface area contributed by atoms with Crippen LogP contribution in [0.25, 0.3) is 11.1 Å². The average Bonchev–Trinajstić information content (AvgIpc) is 3.14. The highest BCUT2D eigenvalue weighted by Crippen LogP contribution is 2.28. The Morgan fingerprint density at radius 1 is 0.897 bits per heavy atom. The number of rotatable bonds is 14. The highest BCUT2D eigenvalue weighted by atomic mass is 16.6. The van der Waals surface area contributed by atoms with Gasteiger partial charge in [-0.15, -0.1) is 0 Å². The van der Waals surface area contributed by atoms with Gasteiger partial charge in [-0.1, -0.05) is 31.2 Å². The monoisotopic (exact) mass is 808 g/mol. The Balaban J connectivity index is 1.49. The Hall–Kier alpha value is -5.25. The number of hydrogen-bond acceptors (Lipinski definition) is 10. The molecule has 1 aromatic carbocycles. The standard InChI is InChI=1S/C42H60N6O10/c1-9-28-11-10-12-30(21-28)31-23-33(44-34(49)26-48(40(55)58-42(5,6)7)25-29-13-16-45(8)35(50)22-29)37(43-24-31)38(53)46-17-14-32(15-18-46)56-20-19-47(27-36(51)52)39(54)57-41(2,3)4/h10-12,21,23-24,29,32H,9,13-20,22,25-27H2,1-8H3,(H,44,49)(H,51,52). The van der Waals surface area contributed by atoms with Crippen LogP contribution in [-0.2, 0) is 35.0 Å². The van der Waals surface area contributed by atoms with E-state index >= 15 is 0 Å². The van der Waals surface area contributed by atoms with Gasteiger partial charge < -0.3 is 34.4 Å². The molecule has 1 unspecified atom stereocenters. The number of piperidine rings is 2. The zero-order chi connectivity index (χ0) is 42.8. The van der Waals surface area contributed by atoms with E-state index in [0.717, 1.165) is 22.4 Å². The number of nitrogens with one attached hydrogen (secondary N) is 1. The molecule has 2 fully saturated rings. The van der Waals surface area contributed by atoms with Gasteiger partial charge in [0.25, 0.3) is 5.91 Å². The van der Waals surface area contributed by atoms with Gasteiger partial charge in [-0.25, -0.2) is 14.6 Å². The summed E-state index contributed by atoms with van der Waals surface area (Å²) in [7, 11) is 1.74. The van der Waals surface area contributed by atoms with Crippen LogP contribution in [0.4, 0.5) is 15.3 Å². The molecule has 1 atom stereocenters. The van der Waals surface area contributed by atoms with E-state index in [1.54, 1.807) is 70.7 Å². The molecule has 0 bridgehead atoms. The van der Waals surface area contributed by atoms with Crippen molar-refractivity contribution in [1.82, 2.24) is 24.6 Å². The molecule has 0 saturated carbocycles. The van der Waals surface area contributed by atoms with E-state index in [1.165, 1.54) is 4.90 Å². The number of likely N-dealkylation sites (tertiary alicyclic amines) is 2. The summed E-state index contributed by atoms with van der Waals surface area (Å²) in [6, 6.07) is 9.61. The SMILES string of the molecule is CCc1cccc(-c2cnc(C(=O)N3CCC(OCCN(CC(=O)O)C(=O)OC(C)(C)C)CC3)c(NC(=O)CN(CC3CCN(C)C(=O)C3)C(=O)OC(C)(C)C)c2)c1. The van der Waals surface area contributed by atoms with Gasteiger partial charge in [-0.3, -0.25) is 29.0 Å². The van der Waals surface area contributed by atoms with Gasteiger partial charge in [0.15, 0.2) is 5.69 Å². The maximum Gasteiger partial charge on any atom is 0.410 e. The van der Waals surface area contributed by atoms with E-state index in [4.69, 9.17) is 14.2 Å². The van der Waals surface area contributed by atoms with Crippen molar-refractivity contribution in [1.29, 1.82) is 0 Å². The maximum atomic E-state index is 14.1. The first kappa shape index (κ1) is 45.5. The average molecular weight is 809 g/mol. The first-order valence-electron chi connectivity index (χ1n) is 19.9. The molecular formula is C42H60N6O10. The normalized spacial score (nSPS) is 16.4. The highest BCUT2D eigenvalue weighted by Gasteiger charge is 2.32. The highest BCUT2D eigenvalue weighted by molar-refractivity contribution is 6.04. The summed E-state index contributed by atoms with van der Waals surface area (Å²) >= 11 is 0. The summed E-state index contributed by atoms with van der Waals surface area (Å²) in [5.41, 5.74) is 1.26. The Bertz CT molecular complexity index is 1800. The molecule has 0 radical (unpaired) electrons. The molecule has 2 aliphatic heterocycles. The number of carboxylic acid groups (broad SMARTS) is 1. The zero-order valence-corrected chi connectivity index (χ0v) is 35.2. The molecule has 4 rings (SSSR count). The van der Waals surface area contributed by atoms with Crippen molar-refractivity contribution in [2.45, 2.75) is 97.9 Å². The number of nitrogens with zero attached hydrogens (tertiary/aromatic N) is 5. The summed E-state index contributed by atoms with van der Waals surface area (Å²) in [6.07, 6.45) is 2.61. The molecule has 2 aliphatic rings. The number of hydrogen-bond donors (Lipinski definition) is 2. The van der Waals surface area contributed by atoms with Crippen molar-refractivity contribution in [3.05, 3.63) is 47.8 Å². The largest absolute Gasteiger partial charge is 0.480 e. The summed E-state index contributed by atoms with van der Waals surface area (Å²) in [5, 5.41) is 12.2. The summed E-state index contributed by atoms with van der Waals surface area (Å²) in [5.74, 6) is -2.31. The quantitative estimate of drug-likeness (QED) is 0.252. The number of aromatic nitrogens is 1. The second-order valence-corrected chi connectivity index (χ2v) is 16.9. The lowest BCUT2D eigenvalue weighted by Gasteiger charge is -2.33. The number of pyridine rings is 1. The molecule has 16 nitrogen and oxygen atoms in total. The third-order valence-corrected chi connectivity index (χ3v) is 9.68. The number of carbonyl (C=O) groups excluding carboxylic acids is 5. The summed E-state index contributed by atoms with van der Waals surface area (Å²) in [4.78, 5) is 88.0. The molecule has 58 heavy (non-hydrogen) atoms.